The first-order chi connectivity index (χ1) is 15.6. The molecule has 1 saturated carbocycles. The van der Waals surface area contributed by atoms with E-state index in [1.807, 2.05) is 18.2 Å². The topological polar surface area (TPSA) is 44.7 Å². The number of benzene rings is 2. The van der Waals surface area contributed by atoms with Crippen LogP contribution in [-0.4, -0.2) is 41.7 Å². The van der Waals surface area contributed by atoms with Crippen LogP contribution in [0.2, 0.25) is 0 Å². The van der Waals surface area contributed by atoms with Gasteiger partial charge in [0.25, 0.3) is 0 Å². The molecule has 6 rings (SSSR count). The van der Waals surface area contributed by atoms with Crippen molar-refractivity contribution >= 4 is 12.1 Å². The average Bonchev–Trinajstić information content (AvgIpc) is 3.08. The average molecular weight is 430 g/mol. The lowest BCUT2D eigenvalue weighted by Crippen LogP contribution is -2.66. The zero-order valence-corrected chi connectivity index (χ0v) is 19.3. The fourth-order valence-corrected chi connectivity index (χ4v) is 6.32. The molecule has 3 heterocycles. The predicted octanol–water partition coefficient (Wildman–Crippen LogP) is 4.35. The van der Waals surface area contributed by atoms with E-state index in [4.69, 9.17) is 4.99 Å². The summed E-state index contributed by atoms with van der Waals surface area (Å²) in [5.74, 6) is 2.00. The molecule has 3 aliphatic heterocycles. The van der Waals surface area contributed by atoms with Gasteiger partial charge in [0.2, 0.25) is 5.91 Å². The molecule has 4 aliphatic rings. The van der Waals surface area contributed by atoms with Crippen molar-refractivity contribution in [2.75, 3.05) is 13.1 Å². The predicted molar refractivity (Wildman–Crippen MR) is 130 cm³/mol. The zero-order valence-electron chi connectivity index (χ0n) is 19.3. The molecule has 4 heteroatoms. The van der Waals surface area contributed by atoms with Crippen LogP contribution >= 0.6 is 0 Å². The number of nitrogens with zero attached hydrogens (tertiary/aromatic N) is 2. The van der Waals surface area contributed by atoms with Crippen LogP contribution in [-0.2, 0) is 17.8 Å². The molecule has 0 aromatic heterocycles. The number of likely N-dealkylation sites (tertiary alicyclic amines) is 1. The fourth-order valence-electron chi connectivity index (χ4n) is 6.32. The van der Waals surface area contributed by atoms with Crippen molar-refractivity contribution in [3.8, 4) is 0 Å². The molecule has 1 aliphatic carbocycles. The van der Waals surface area contributed by atoms with Crippen LogP contribution in [0.4, 0.5) is 0 Å². The molecule has 0 spiro atoms. The van der Waals surface area contributed by atoms with Gasteiger partial charge in [0.1, 0.15) is 0 Å². The maximum absolute atomic E-state index is 13.8. The summed E-state index contributed by atoms with van der Waals surface area (Å²) < 4.78 is 0. The second kappa shape index (κ2) is 8.82. The van der Waals surface area contributed by atoms with Gasteiger partial charge in [-0.3, -0.25) is 14.7 Å². The van der Waals surface area contributed by atoms with E-state index in [9.17, 15) is 4.79 Å². The van der Waals surface area contributed by atoms with Gasteiger partial charge in [-0.1, -0.05) is 74.5 Å². The summed E-state index contributed by atoms with van der Waals surface area (Å²) in [5, 5.41) is 3.28. The molecule has 2 aromatic carbocycles. The molecule has 168 valence electrons. The van der Waals surface area contributed by atoms with E-state index in [0.717, 1.165) is 37.9 Å². The van der Waals surface area contributed by atoms with E-state index in [-0.39, 0.29) is 11.9 Å². The van der Waals surface area contributed by atoms with Crippen molar-refractivity contribution in [2.45, 2.75) is 51.2 Å². The minimum atomic E-state index is -0.639. The maximum atomic E-state index is 13.8. The summed E-state index contributed by atoms with van der Waals surface area (Å²) in [6.07, 6.45) is 5.39. The van der Waals surface area contributed by atoms with Gasteiger partial charge < -0.3 is 5.32 Å². The van der Waals surface area contributed by atoms with Gasteiger partial charge in [-0.15, -0.1) is 0 Å². The molecule has 2 fully saturated rings. The molecule has 2 aromatic rings. The van der Waals surface area contributed by atoms with Gasteiger partial charge in [-0.25, -0.2) is 0 Å². The first-order valence-electron chi connectivity index (χ1n) is 12.2. The summed E-state index contributed by atoms with van der Waals surface area (Å²) in [5.41, 5.74) is 1.86. The molecule has 32 heavy (non-hydrogen) atoms. The summed E-state index contributed by atoms with van der Waals surface area (Å²) in [7, 11) is 0. The number of aliphatic imine (C=N–C) groups is 1. The van der Waals surface area contributed by atoms with Gasteiger partial charge >= 0.3 is 0 Å². The van der Waals surface area contributed by atoms with Crippen molar-refractivity contribution in [1.82, 2.24) is 10.2 Å². The number of hydrogen-bond donors (Lipinski definition) is 1. The Morgan fingerprint density at radius 1 is 1.09 bits per heavy atom. The molecule has 0 radical (unpaired) electrons. The van der Waals surface area contributed by atoms with E-state index in [1.54, 1.807) is 0 Å². The summed E-state index contributed by atoms with van der Waals surface area (Å²) in [4.78, 5) is 21.5. The molecule has 1 saturated heterocycles. The van der Waals surface area contributed by atoms with Gasteiger partial charge in [0, 0.05) is 31.3 Å². The highest BCUT2D eigenvalue weighted by Gasteiger charge is 2.67. The number of hydrogen-bond acceptors (Lipinski definition) is 3. The maximum Gasteiger partial charge on any atom is 0.250 e. The standard InChI is InChI=1S/C28H35N3O/c1-20(2)13-14-31-19-24-16-23-18-30-28(24,27(32)29-17-22-11-7-4-8-12-22)26(31)25(23)15-21-9-5-3-6-10-21/h3-12,18,20,23-26H,13-17,19H2,1-2H3,(H,29,32). The molecule has 1 N–H and O–H groups in total. The lowest BCUT2D eigenvalue weighted by atomic mass is 9.59. The number of carbonyl (C=O) groups excluding carboxylic acids is 1. The number of carbonyl (C=O) groups is 1. The van der Waals surface area contributed by atoms with Crippen molar-refractivity contribution in [3.63, 3.8) is 0 Å². The largest absolute Gasteiger partial charge is 0.350 e. The second-order valence-corrected chi connectivity index (χ2v) is 10.3. The van der Waals surface area contributed by atoms with Crippen molar-refractivity contribution < 1.29 is 4.79 Å². The van der Waals surface area contributed by atoms with Crippen LogP contribution in [0.1, 0.15) is 37.8 Å². The number of nitrogens with one attached hydrogen (secondary N) is 1. The molecular weight excluding hydrogens is 394 g/mol. The van der Waals surface area contributed by atoms with Gasteiger partial charge in [-0.05, 0) is 54.7 Å². The zero-order chi connectivity index (χ0) is 22.1. The third-order valence-corrected chi connectivity index (χ3v) is 7.88. The number of amides is 1. The Hall–Kier alpha value is -2.46. The Morgan fingerprint density at radius 2 is 1.78 bits per heavy atom. The highest BCUT2D eigenvalue weighted by Crippen LogP contribution is 2.54. The van der Waals surface area contributed by atoms with Gasteiger partial charge in [0.15, 0.2) is 5.54 Å². The number of rotatable bonds is 8. The summed E-state index contributed by atoms with van der Waals surface area (Å²) in [6, 6.07) is 21.2. The SMILES string of the molecule is CC(C)CCN1CC2CC3C=NC2(C(=O)NCc2ccccc2)C1C3Cc1ccccc1. The monoisotopic (exact) mass is 429 g/mol. The van der Waals surface area contributed by atoms with E-state index in [1.165, 1.54) is 5.56 Å². The van der Waals surface area contributed by atoms with Crippen LogP contribution in [0.15, 0.2) is 65.7 Å². The van der Waals surface area contributed by atoms with Crippen LogP contribution in [0, 0.1) is 23.7 Å². The van der Waals surface area contributed by atoms with E-state index >= 15 is 0 Å². The van der Waals surface area contributed by atoms with E-state index in [2.05, 4.69) is 72.7 Å². The van der Waals surface area contributed by atoms with Crippen molar-refractivity contribution in [2.24, 2.45) is 28.7 Å². The molecule has 4 nitrogen and oxygen atoms in total. The Balaban J connectivity index is 1.44. The molecule has 4 bridgehead atoms. The second-order valence-electron chi connectivity index (χ2n) is 10.3. The molecule has 5 unspecified atom stereocenters. The normalized spacial score (nSPS) is 30.7. The van der Waals surface area contributed by atoms with Crippen LogP contribution in [0.3, 0.4) is 0 Å². The summed E-state index contributed by atoms with van der Waals surface area (Å²) in [6.45, 7) is 7.19. The van der Waals surface area contributed by atoms with Crippen LogP contribution < -0.4 is 5.32 Å². The smallest absolute Gasteiger partial charge is 0.250 e. The lowest BCUT2D eigenvalue weighted by molar-refractivity contribution is -0.131. The van der Waals surface area contributed by atoms with Crippen molar-refractivity contribution in [3.05, 3.63) is 71.8 Å². The fraction of sp³-hybridized carbons (Fsp3) is 0.500. The first-order valence-corrected chi connectivity index (χ1v) is 12.2. The van der Waals surface area contributed by atoms with E-state index < -0.39 is 5.54 Å². The minimum Gasteiger partial charge on any atom is -0.350 e. The van der Waals surface area contributed by atoms with Crippen LogP contribution in [0.5, 0.6) is 0 Å². The third kappa shape index (κ3) is 3.79. The third-order valence-electron chi connectivity index (χ3n) is 7.88. The lowest BCUT2D eigenvalue weighted by Gasteiger charge is -2.51. The molecular formula is C28H35N3O. The first kappa shape index (κ1) is 21.4. The minimum absolute atomic E-state index is 0.121. The Labute approximate surface area is 192 Å². The summed E-state index contributed by atoms with van der Waals surface area (Å²) >= 11 is 0. The Morgan fingerprint density at radius 3 is 2.47 bits per heavy atom. The Bertz CT molecular complexity index is 957. The van der Waals surface area contributed by atoms with Crippen molar-refractivity contribution in [1.29, 1.82) is 0 Å². The molecule has 1 amide bonds. The van der Waals surface area contributed by atoms with Gasteiger partial charge in [0.05, 0.1) is 0 Å². The molecule has 5 atom stereocenters. The van der Waals surface area contributed by atoms with Crippen LogP contribution in [0.25, 0.3) is 0 Å². The van der Waals surface area contributed by atoms with E-state index in [0.29, 0.717) is 30.2 Å². The highest BCUT2D eigenvalue weighted by atomic mass is 16.2. The Kier molecular flexibility index (Phi) is 5.90. The van der Waals surface area contributed by atoms with Gasteiger partial charge in [-0.2, -0.15) is 0 Å². The highest BCUT2D eigenvalue weighted by molar-refractivity contribution is 5.92. The quantitative estimate of drug-likeness (QED) is 0.678.